The van der Waals surface area contributed by atoms with E-state index >= 15 is 0 Å². The smallest absolute Gasteiger partial charge is 0.249 e. The quantitative estimate of drug-likeness (QED) is 0.451. The van der Waals surface area contributed by atoms with E-state index in [0.29, 0.717) is 67.3 Å². The van der Waals surface area contributed by atoms with Crippen LogP contribution < -0.4 is 18.9 Å². The number of benzene rings is 2. The van der Waals surface area contributed by atoms with Gasteiger partial charge >= 0.3 is 0 Å². The first-order valence-corrected chi connectivity index (χ1v) is 17.3. The number of ether oxygens (including phenoxy) is 5. The van der Waals surface area contributed by atoms with Gasteiger partial charge in [-0.2, -0.15) is 0 Å². The highest BCUT2D eigenvalue weighted by atomic mass is 16.7. The summed E-state index contributed by atoms with van der Waals surface area (Å²) in [6.45, 7) is 1.58. The summed E-state index contributed by atoms with van der Waals surface area (Å²) in [5.74, 6) is 1.000. The fourth-order valence-corrected chi connectivity index (χ4v) is 12.8. The maximum atomic E-state index is 13.2. The Kier molecular flexibility index (Phi) is 4.88. The summed E-state index contributed by atoms with van der Waals surface area (Å²) >= 11 is 0. The van der Waals surface area contributed by atoms with Crippen molar-refractivity contribution in [3.8, 4) is 23.0 Å². The molecule has 0 aromatic heterocycles. The predicted molar refractivity (Wildman–Crippen MR) is 168 cm³/mol. The summed E-state index contributed by atoms with van der Waals surface area (Å²) < 4.78 is 32.6. The van der Waals surface area contributed by atoms with E-state index in [9.17, 15) is 15.3 Å². The number of likely N-dealkylation sites (N-methyl/N-ethyl adjacent to an activating group) is 2. The lowest BCUT2D eigenvalue weighted by molar-refractivity contribution is -0.342. The van der Waals surface area contributed by atoms with Gasteiger partial charge in [-0.3, -0.25) is 0 Å². The van der Waals surface area contributed by atoms with E-state index in [0.717, 1.165) is 41.8 Å². The van der Waals surface area contributed by atoms with E-state index in [1.54, 1.807) is 14.2 Å². The highest BCUT2D eigenvalue weighted by Gasteiger charge is 2.81. The fraction of sp³-hybridized carbons (Fsp3) is 0.622. The van der Waals surface area contributed by atoms with Crippen molar-refractivity contribution < 1.29 is 39.0 Å². The average molecular weight is 643 g/mol. The Labute approximate surface area is 273 Å². The molecular formula is C37H42N2O8. The number of fused-ring (bicyclic) bond motifs is 3. The Morgan fingerprint density at radius 1 is 0.766 bits per heavy atom. The largest absolute Gasteiger partial charge is 0.493 e. The van der Waals surface area contributed by atoms with Gasteiger partial charge in [-0.15, -0.1) is 0 Å². The highest BCUT2D eigenvalue weighted by molar-refractivity contribution is 5.66. The van der Waals surface area contributed by atoms with Gasteiger partial charge in [-0.25, -0.2) is 0 Å². The molecule has 0 unspecified atom stereocenters. The molecule has 248 valence electrons. The number of likely N-dealkylation sites (tertiary alicyclic amines) is 2. The van der Waals surface area contributed by atoms with Crippen molar-refractivity contribution >= 4 is 0 Å². The van der Waals surface area contributed by atoms with Crippen LogP contribution in [0.5, 0.6) is 23.0 Å². The van der Waals surface area contributed by atoms with Crippen LogP contribution in [0.1, 0.15) is 54.4 Å². The molecule has 4 bridgehead atoms. The molecule has 3 N–H and O–H groups in total. The molecule has 9 aliphatic rings. The molecule has 11 rings (SSSR count). The summed E-state index contributed by atoms with van der Waals surface area (Å²) in [6, 6.07) is 7.93. The Hall–Kier alpha value is -3.02. The molecule has 4 aliphatic carbocycles. The van der Waals surface area contributed by atoms with E-state index in [4.69, 9.17) is 23.7 Å². The minimum atomic E-state index is -1.74. The second kappa shape index (κ2) is 8.22. The SMILES string of the molecule is COc1ccc2c3c1O[C@H]1C4=C(C[C@H]5C[C@@]6(O)[C@@H]7Cc8ccc(OC)c9c8[C@@]6(CCN7C)[C@@H](O9)[C@]5(O)O4)C[C@@]4(O)[C@@H](C2)N(C)CC[C@]314. The van der Waals surface area contributed by atoms with Crippen molar-refractivity contribution in [3.63, 3.8) is 0 Å². The van der Waals surface area contributed by atoms with Crippen molar-refractivity contribution in [2.75, 3.05) is 41.4 Å². The molecule has 10 heteroatoms. The zero-order valence-corrected chi connectivity index (χ0v) is 27.3. The summed E-state index contributed by atoms with van der Waals surface area (Å²) in [6.07, 6.45) is 2.55. The van der Waals surface area contributed by atoms with Crippen LogP contribution in [0.3, 0.4) is 0 Å². The van der Waals surface area contributed by atoms with Gasteiger partial charge in [0.25, 0.3) is 0 Å². The molecule has 10 nitrogen and oxygen atoms in total. The standard InChI is InChI=1S/C37H42N2O8/c1-38-11-9-33-26-18-5-7-22(43-3)29(26)45-31(33)28-20(16-35(33,40)24(38)14-18)13-21-17-36(41)25-15-19-6-8-23(44-4)30-27(19)34(36,10-12-39(25)2)32(46-30)37(21,42)47-28/h5-8,21,24-25,31-32,40-42H,9-17H2,1-4H3/t21-,24+,25-,31-,32+,33-,34-,35+,36+,37+/m0/s1. The molecule has 2 aromatic carbocycles. The minimum Gasteiger partial charge on any atom is -0.493 e. The summed E-state index contributed by atoms with van der Waals surface area (Å²) in [7, 11) is 7.50. The van der Waals surface area contributed by atoms with Gasteiger partial charge in [-0.05, 0) is 94.5 Å². The van der Waals surface area contributed by atoms with Crippen molar-refractivity contribution in [2.24, 2.45) is 5.92 Å². The van der Waals surface area contributed by atoms with E-state index in [-0.39, 0.29) is 12.1 Å². The van der Waals surface area contributed by atoms with E-state index in [2.05, 4.69) is 36.0 Å². The average Bonchev–Trinajstić information content (AvgIpc) is 3.59. The second-order valence-corrected chi connectivity index (χ2v) is 16.1. The lowest BCUT2D eigenvalue weighted by Gasteiger charge is -2.68. The van der Waals surface area contributed by atoms with Crippen LogP contribution in [0.2, 0.25) is 0 Å². The Morgan fingerprint density at radius 3 is 2.02 bits per heavy atom. The molecule has 0 amide bonds. The van der Waals surface area contributed by atoms with Crippen LogP contribution in [-0.4, -0.2) is 108 Å². The molecule has 10 atom stereocenters. The molecule has 1 saturated carbocycles. The Bertz CT molecular complexity index is 1850. The zero-order chi connectivity index (χ0) is 32.0. The molecule has 47 heavy (non-hydrogen) atoms. The minimum absolute atomic E-state index is 0.0900. The van der Waals surface area contributed by atoms with Gasteiger partial charge in [0.2, 0.25) is 5.79 Å². The van der Waals surface area contributed by atoms with Gasteiger partial charge < -0.3 is 48.8 Å². The summed E-state index contributed by atoms with van der Waals surface area (Å²) in [5, 5.41) is 39.3. The number of hydrogen-bond donors (Lipinski definition) is 3. The summed E-state index contributed by atoms with van der Waals surface area (Å²) in [4.78, 5) is 4.59. The Balaban J connectivity index is 1.11. The predicted octanol–water partition coefficient (Wildman–Crippen LogP) is 2.17. The maximum Gasteiger partial charge on any atom is 0.249 e. The van der Waals surface area contributed by atoms with Crippen molar-refractivity contribution in [1.29, 1.82) is 0 Å². The number of aliphatic hydroxyl groups is 3. The lowest BCUT2D eigenvalue weighted by Crippen LogP contribution is -2.82. The van der Waals surface area contributed by atoms with E-state index < -0.39 is 45.9 Å². The van der Waals surface area contributed by atoms with Crippen LogP contribution in [0, 0.1) is 5.92 Å². The normalized spacial score (nSPS) is 45.9. The van der Waals surface area contributed by atoms with Gasteiger partial charge in [-0.1, -0.05) is 12.1 Å². The third-order valence-electron chi connectivity index (χ3n) is 14.7. The van der Waals surface area contributed by atoms with Gasteiger partial charge in [0, 0.05) is 35.5 Å². The maximum absolute atomic E-state index is 13.2. The number of rotatable bonds is 2. The first-order chi connectivity index (χ1) is 22.6. The van der Waals surface area contributed by atoms with Gasteiger partial charge in [0.05, 0.1) is 36.3 Å². The lowest BCUT2D eigenvalue weighted by atomic mass is 9.45. The molecule has 2 aromatic rings. The third-order valence-corrected chi connectivity index (χ3v) is 14.7. The summed E-state index contributed by atoms with van der Waals surface area (Å²) in [5.41, 5.74) is 1.46. The van der Waals surface area contributed by atoms with E-state index in [1.165, 1.54) is 5.56 Å². The highest BCUT2D eigenvalue weighted by Crippen LogP contribution is 2.72. The molecule has 5 aliphatic heterocycles. The fourth-order valence-electron chi connectivity index (χ4n) is 12.8. The molecule has 5 heterocycles. The number of nitrogens with zero attached hydrogens (tertiary/aromatic N) is 2. The van der Waals surface area contributed by atoms with Crippen molar-refractivity contribution in [2.45, 2.75) is 97.1 Å². The molecule has 0 radical (unpaired) electrons. The van der Waals surface area contributed by atoms with Crippen LogP contribution in [0.4, 0.5) is 0 Å². The third kappa shape index (κ3) is 2.68. The second-order valence-electron chi connectivity index (χ2n) is 16.1. The van der Waals surface area contributed by atoms with Gasteiger partial charge in [0.15, 0.2) is 35.2 Å². The topological polar surface area (TPSA) is 113 Å². The van der Waals surface area contributed by atoms with Crippen LogP contribution in [-0.2, 0) is 28.4 Å². The van der Waals surface area contributed by atoms with E-state index in [1.807, 2.05) is 12.1 Å². The monoisotopic (exact) mass is 642 g/mol. The van der Waals surface area contributed by atoms with Crippen LogP contribution in [0.15, 0.2) is 35.6 Å². The number of hydrogen-bond acceptors (Lipinski definition) is 10. The zero-order valence-electron chi connectivity index (χ0n) is 27.3. The molecule has 2 spiro atoms. The van der Waals surface area contributed by atoms with Crippen molar-refractivity contribution in [1.82, 2.24) is 9.80 Å². The Morgan fingerprint density at radius 2 is 1.36 bits per heavy atom. The number of piperidine rings is 2. The van der Waals surface area contributed by atoms with Crippen molar-refractivity contribution in [3.05, 3.63) is 57.9 Å². The molecule has 2 saturated heterocycles. The first kappa shape index (κ1) is 27.9. The number of methoxy groups -OCH3 is 2. The van der Waals surface area contributed by atoms with Gasteiger partial charge in [0.1, 0.15) is 5.76 Å². The first-order valence-electron chi connectivity index (χ1n) is 17.3. The van der Waals surface area contributed by atoms with Crippen LogP contribution >= 0.6 is 0 Å². The molecular weight excluding hydrogens is 600 g/mol. The van der Waals surface area contributed by atoms with Crippen LogP contribution in [0.25, 0.3) is 0 Å². The molecule has 3 fully saturated rings.